The van der Waals surface area contributed by atoms with Crippen molar-refractivity contribution >= 4 is 22.7 Å². The van der Waals surface area contributed by atoms with Gasteiger partial charge >= 0.3 is 0 Å². The van der Waals surface area contributed by atoms with Crippen LogP contribution in [0.3, 0.4) is 0 Å². The number of aromatic nitrogens is 4. The van der Waals surface area contributed by atoms with Crippen LogP contribution in [0.25, 0.3) is 10.9 Å². The maximum Gasteiger partial charge on any atom is 0.222 e. The summed E-state index contributed by atoms with van der Waals surface area (Å²) in [5.41, 5.74) is 7.63. The molecule has 0 amide bonds. The molecule has 2 aromatic heterocycles. The summed E-state index contributed by atoms with van der Waals surface area (Å²) >= 11 is 0. The van der Waals surface area contributed by atoms with Gasteiger partial charge < -0.3 is 11.1 Å². The highest BCUT2D eigenvalue weighted by Gasteiger charge is 2.05. The van der Waals surface area contributed by atoms with Crippen LogP contribution in [0.1, 0.15) is 5.69 Å². The molecule has 3 aromatic rings. The second-order valence-corrected chi connectivity index (χ2v) is 4.61. The maximum absolute atomic E-state index is 5.73. The fourth-order valence-corrected chi connectivity index (χ4v) is 2.13. The first kappa shape index (κ1) is 12.4. The van der Waals surface area contributed by atoms with Crippen molar-refractivity contribution in [3.63, 3.8) is 0 Å². The van der Waals surface area contributed by atoms with Crippen LogP contribution in [0.5, 0.6) is 0 Å². The monoisotopic (exact) mass is 268 g/mol. The Morgan fingerprint density at radius 3 is 2.85 bits per heavy atom. The number of fused-ring (bicyclic) bond motifs is 1. The molecule has 0 bridgehead atoms. The number of aryl methyl sites for hydroxylation is 1. The molecule has 1 aromatic carbocycles. The van der Waals surface area contributed by atoms with Gasteiger partial charge in [-0.05, 0) is 18.2 Å². The number of hydrogen-bond acceptors (Lipinski definition) is 5. The Morgan fingerprint density at radius 1 is 1.20 bits per heavy atom. The first-order valence-electron chi connectivity index (χ1n) is 6.47. The van der Waals surface area contributed by atoms with Crippen molar-refractivity contribution in [2.24, 2.45) is 7.05 Å². The van der Waals surface area contributed by atoms with E-state index >= 15 is 0 Å². The fraction of sp³-hybridized carbons (Fsp3) is 0.214. The van der Waals surface area contributed by atoms with Crippen molar-refractivity contribution in [3.8, 4) is 0 Å². The number of nitrogens with two attached hydrogens (primary N) is 1. The van der Waals surface area contributed by atoms with Crippen LogP contribution in [0.2, 0.25) is 0 Å². The van der Waals surface area contributed by atoms with Crippen LogP contribution in [-0.2, 0) is 13.5 Å². The summed E-state index contributed by atoms with van der Waals surface area (Å²) in [7, 11) is 1.91. The van der Waals surface area contributed by atoms with E-state index in [2.05, 4.69) is 20.4 Å². The molecule has 6 heteroatoms. The van der Waals surface area contributed by atoms with Gasteiger partial charge in [-0.2, -0.15) is 10.1 Å². The fourth-order valence-electron chi connectivity index (χ4n) is 2.13. The lowest BCUT2D eigenvalue weighted by molar-refractivity contribution is 0.742. The molecule has 0 atom stereocenters. The highest BCUT2D eigenvalue weighted by molar-refractivity contribution is 5.89. The predicted molar refractivity (Wildman–Crippen MR) is 79.4 cm³/mol. The molecule has 6 nitrogen and oxygen atoms in total. The van der Waals surface area contributed by atoms with Crippen molar-refractivity contribution in [2.75, 3.05) is 17.6 Å². The molecule has 0 radical (unpaired) electrons. The third-order valence-corrected chi connectivity index (χ3v) is 3.06. The molecule has 0 fully saturated rings. The van der Waals surface area contributed by atoms with Crippen LogP contribution in [-0.4, -0.2) is 26.3 Å². The summed E-state index contributed by atoms with van der Waals surface area (Å²) in [6.07, 6.45) is 2.77. The summed E-state index contributed by atoms with van der Waals surface area (Å²) in [5.74, 6) is 1.05. The first-order chi connectivity index (χ1) is 9.72. The second kappa shape index (κ2) is 5.16. The number of nitrogen functional groups attached to an aromatic ring is 1. The van der Waals surface area contributed by atoms with E-state index in [-0.39, 0.29) is 5.95 Å². The lowest BCUT2D eigenvalue weighted by Crippen LogP contribution is -2.09. The lowest BCUT2D eigenvalue weighted by Gasteiger charge is -2.08. The Morgan fingerprint density at radius 2 is 2.05 bits per heavy atom. The number of nitrogens with one attached hydrogen (secondary N) is 1. The smallest absolute Gasteiger partial charge is 0.222 e. The molecule has 0 aliphatic heterocycles. The predicted octanol–water partition coefficient (Wildman–Crippen LogP) is 1.60. The third-order valence-electron chi connectivity index (χ3n) is 3.06. The van der Waals surface area contributed by atoms with Crippen LogP contribution >= 0.6 is 0 Å². The molecule has 102 valence electrons. The first-order valence-corrected chi connectivity index (χ1v) is 6.47. The summed E-state index contributed by atoms with van der Waals surface area (Å²) in [5, 5.41) is 8.62. The SMILES string of the molecule is Cn1ccc(CCNc2nc(N)nc3ccccc23)n1. The van der Waals surface area contributed by atoms with E-state index in [1.807, 2.05) is 43.6 Å². The van der Waals surface area contributed by atoms with Crippen molar-refractivity contribution in [1.82, 2.24) is 19.7 Å². The molecule has 0 spiro atoms. The van der Waals surface area contributed by atoms with Crippen molar-refractivity contribution in [2.45, 2.75) is 6.42 Å². The van der Waals surface area contributed by atoms with Gasteiger partial charge in [0.15, 0.2) is 0 Å². The summed E-state index contributed by atoms with van der Waals surface area (Å²) in [6, 6.07) is 9.82. The molecule has 0 aliphatic rings. The van der Waals surface area contributed by atoms with Gasteiger partial charge in [-0.15, -0.1) is 0 Å². The van der Waals surface area contributed by atoms with Gasteiger partial charge in [0, 0.05) is 31.6 Å². The average Bonchev–Trinajstić information content (AvgIpc) is 2.84. The quantitative estimate of drug-likeness (QED) is 0.751. The molecule has 0 saturated heterocycles. The Bertz CT molecular complexity index is 733. The van der Waals surface area contributed by atoms with E-state index in [0.29, 0.717) is 0 Å². The molecular weight excluding hydrogens is 252 g/mol. The van der Waals surface area contributed by atoms with Crippen LogP contribution in [0.4, 0.5) is 11.8 Å². The van der Waals surface area contributed by atoms with Gasteiger partial charge in [0.1, 0.15) is 5.82 Å². The van der Waals surface area contributed by atoms with E-state index < -0.39 is 0 Å². The number of benzene rings is 1. The van der Waals surface area contributed by atoms with Gasteiger partial charge in [0.25, 0.3) is 0 Å². The van der Waals surface area contributed by atoms with E-state index in [0.717, 1.165) is 35.4 Å². The van der Waals surface area contributed by atoms with Crippen LogP contribution in [0, 0.1) is 0 Å². The zero-order valence-electron chi connectivity index (χ0n) is 11.2. The summed E-state index contributed by atoms with van der Waals surface area (Å²) in [6.45, 7) is 0.747. The van der Waals surface area contributed by atoms with Crippen molar-refractivity contribution in [3.05, 3.63) is 42.2 Å². The molecular formula is C14H16N6. The summed E-state index contributed by atoms with van der Waals surface area (Å²) < 4.78 is 1.80. The molecule has 3 rings (SSSR count). The van der Waals surface area contributed by atoms with Crippen molar-refractivity contribution < 1.29 is 0 Å². The van der Waals surface area contributed by atoms with Gasteiger partial charge in [-0.25, -0.2) is 4.98 Å². The molecule has 3 N–H and O–H groups in total. The van der Waals surface area contributed by atoms with E-state index in [9.17, 15) is 0 Å². The number of nitrogens with zero attached hydrogens (tertiary/aromatic N) is 4. The summed E-state index contributed by atoms with van der Waals surface area (Å²) in [4.78, 5) is 8.48. The minimum Gasteiger partial charge on any atom is -0.369 e. The van der Waals surface area contributed by atoms with E-state index in [4.69, 9.17) is 5.73 Å². The minimum atomic E-state index is 0.282. The maximum atomic E-state index is 5.73. The van der Waals surface area contributed by atoms with Crippen LogP contribution < -0.4 is 11.1 Å². The number of hydrogen-bond donors (Lipinski definition) is 2. The number of anilines is 2. The highest BCUT2D eigenvalue weighted by atomic mass is 15.2. The van der Waals surface area contributed by atoms with Crippen LogP contribution in [0.15, 0.2) is 36.5 Å². The topological polar surface area (TPSA) is 81.7 Å². The van der Waals surface area contributed by atoms with Gasteiger partial charge in [0.05, 0.1) is 11.2 Å². The number of rotatable bonds is 4. The highest BCUT2D eigenvalue weighted by Crippen LogP contribution is 2.20. The zero-order valence-corrected chi connectivity index (χ0v) is 11.2. The normalized spacial score (nSPS) is 10.8. The largest absolute Gasteiger partial charge is 0.369 e. The van der Waals surface area contributed by atoms with E-state index in [1.54, 1.807) is 4.68 Å². The lowest BCUT2D eigenvalue weighted by atomic mass is 10.2. The second-order valence-electron chi connectivity index (χ2n) is 4.61. The molecule has 0 aliphatic carbocycles. The Labute approximate surface area is 116 Å². The zero-order chi connectivity index (χ0) is 13.9. The molecule has 20 heavy (non-hydrogen) atoms. The third kappa shape index (κ3) is 2.54. The van der Waals surface area contributed by atoms with Crippen molar-refractivity contribution in [1.29, 1.82) is 0 Å². The van der Waals surface area contributed by atoms with E-state index in [1.165, 1.54) is 0 Å². The van der Waals surface area contributed by atoms with Gasteiger partial charge in [-0.3, -0.25) is 4.68 Å². The Kier molecular flexibility index (Phi) is 3.20. The Balaban J connectivity index is 1.77. The molecule has 0 saturated carbocycles. The Hall–Kier alpha value is -2.63. The molecule has 2 heterocycles. The molecule has 0 unspecified atom stereocenters. The van der Waals surface area contributed by atoms with Gasteiger partial charge in [0.2, 0.25) is 5.95 Å². The standard InChI is InChI=1S/C14H16N6/c1-20-9-7-10(19-20)6-8-16-13-11-4-2-3-5-12(11)17-14(15)18-13/h2-5,7,9H,6,8H2,1H3,(H3,15,16,17,18). The minimum absolute atomic E-state index is 0.282. The average molecular weight is 268 g/mol. The van der Waals surface area contributed by atoms with Gasteiger partial charge in [-0.1, -0.05) is 12.1 Å². The number of para-hydroxylation sites is 1.